The minimum atomic E-state index is -0.318. The summed E-state index contributed by atoms with van der Waals surface area (Å²) in [5, 5.41) is 5.80. The van der Waals surface area contributed by atoms with Crippen LogP contribution in [0.15, 0.2) is 53.1 Å². The van der Waals surface area contributed by atoms with Crippen molar-refractivity contribution in [2.24, 2.45) is 0 Å². The molecule has 0 aliphatic carbocycles. The minimum absolute atomic E-state index is 0.00105. The molecule has 0 atom stereocenters. The molecule has 3 aromatic rings. The van der Waals surface area contributed by atoms with Crippen molar-refractivity contribution in [2.45, 2.75) is 20.4 Å². The Bertz CT molecular complexity index is 918. The van der Waals surface area contributed by atoms with Crippen LogP contribution in [0.2, 0.25) is 0 Å². The molecule has 2 aromatic heterocycles. The fraction of sp³-hybridized carbons (Fsp3) is 0.158. The van der Waals surface area contributed by atoms with Crippen LogP contribution >= 0.6 is 0 Å². The second kappa shape index (κ2) is 7.60. The molecule has 0 spiro atoms. The van der Waals surface area contributed by atoms with Gasteiger partial charge in [-0.15, -0.1) is 0 Å². The SMILES string of the molecule is CC(=O)c1ccc(Nc2nc(C)cc(C(=O)NCc3ccco3)n2)cc1. The Hall–Kier alpha value is -3.48. The lowest BCUT2D eigenvalue weighted by molar-refractivity contribution is 0.0942. The fourth-order valence-electron chi connectivity index (χ4n) is 2.33. The number of nitrogens with one attached hydrogen (secondary N) is 2. The molecule has 0 fully saturated rings. The van der Waals surface area contributed by atoms with E-state index in [9.17, 15) is 9.59 Å². The highest BCUT2D eigenvalue weighted by molar-refractivity contribution is 5.94. The summed E-state index contributed by atoms with van der Waals surface area (Å²) in [6.07, 6.45) is 1.55. The molecule has 0 radical (unpaired) electrons. The largest absolute Gasteiger partial charge is 0.467 e. The second-order valence-corrected chi connectivity index (χ2v) is 5.74. The molecule has 0 bridgehead atoms. The molecule has 2 heterocycles. The molecule has 26 heavy (non-hydrogen) atoms. The van der Waals surface area contributed by atoms with Gasteiger partial charge in [-0.05, 0) is 56.3 Å². The first kappa shape index (κ1) is 17.3. The van der Waals surface area contributed by atoms with E-state index in [1.54, 1.807) is 55.7 Å². The van der Waals surface area contributed by atoms with Crippen LogP contribution in [0.25, 0.3) is 0 Å². The predicted octanol–water partition coefficient (Wildman–Crippen LogP) is 3.25. The molecule has 0 unspecified atom stereocenters. The van der Waals surface area contributed by atoms with Gasteiger partial charge in [0.1, 0.15) is 11.5 Å². The van der Waals surface area contributed by atoms with E-state index >= 15 is 0 Å². The molecule has 7 nitrogen and oxygen atoms in total. The van der Waals surface area contributed by atoms with E-state index in [0.717, 1.165) is 5.69 Å². The van der Waals surface area contributed by atoms with Crippen molar-refractivity contribution in [1.29, 1.82) is 0 Å². The van der Waals surface area contributed by atoms with Gasteiger partial charge < -0.3 is 15.1 Å². The lowest BCUT2D eigenvalue weighted by Crippen LogP contribution is -2.24. The maximum Gasteiger partial charge on any atom is 0.270 e. The number of ketones is 1. The lowest BCUT2D eigenvalue weighted by atomic mass is 10.1. The van der Waals surface area contributed by atoms with Crippen molar-refractivity contribution in [3.8, 4) is 0 Å². The summed E-state index contributed by atoms with van der Waals surface area (Å²) in [7, 11) is 0. The number of benzene rings is 1. The summed E-state index contributed by atoms with van der Waals surface area (Å²) in [5.41, 5.74) is 2.26. The van der Waals surface area contributed by atoms with Crippen molar-refractivity contribution in [2.75, 3.05) is 5.32 Å². The molecule has 0 aliphatic rings. The van der Waals surface area contributed by atoms with Crippen molar-refractivity contribution >= 4 is 23.3 Å². The van der Waals surface area contributed by atoms with E-state index < -0.39 is 0 Å². The van der Waals surface area contributed by atoms with Gasteiger partial charge in [0.2, 0.25) is 5.95 Å². The highest BCUT2D eigenvalue weighted by Gasteiger charge is 2.11. The van der Waals surface area contributed by atoms with Gasteiger partial charge in [0.05, 0.1) is 12.8 Å². The molecule has 0 aliphatic heterocycles. The molecular formula is C19H18N4O3. The highest BCUT2D eigenvalue weighted by Crippen LogP contribution is 2.15. The topological polar surface area (TPSA) is 97.1 Å². The Morgan fingerprint density at radius 3 is 2.54 bits per heavy atom. The summed E-state index contributed by atoms with van der Waals surface area (Å²) in [5.74, 6) is 0.650. The number of furan rings is 1. The maximum absolute atomic E-state index is 12.3. The standard InChI is InChI=1S/C19H18N4O3/c1-12-10-17(18(25)20-11-16-4-3-9-26-16)23-19(21-12)22-15-7-5-14(6-8-15)13(2)24/h3-10H,11H2,1-2H3,(H,20,25)(H,21,22,23). The van der Waals surface area contributed by atoms with Crippen LogP contribution in [0.3, 0.4) is 0 Å². The summed E-state index contributed by atoms with van der Waals surface area (Å²) >= 11 is 0. The van der Waals surface area contributed by atoms with Crippen molar-refractivity contribution < 1.29 is 14.0 Å². The van der Waals surface area contributed by atoms with E-state index in [4.69, 9.17) is 4.42 Å². The Balaban J connectivity index is 1.72. The van der Waals surface area contributed by atoms with Crippen LogP contribution in [0.4, 0.5) is 11.6 Å². The smallest absolute Gasteiger partial charge is 0.270 e. The minimum Gasteiger partial charge on any atom is -0.467 e. The monoisotopic (exact) mass is 350 g/mol. The van der Waals surface area contributed by atoms with Gasteiger partial charge in [-0.1, -0.05) is 0 Å². The number of amides is 1. The number of aromatic nitrogens is 2. The Kier molecular flexibility index (Phi) is 5.07. The molecule has 1 amide bonds. The van der Waals surface area contributed by atoms with E-state index in [1.807, 2.05) is 0 Å². The summed E-state index contributed by atoms with van der Waals surface area (Å²) in [4.78, 5) is 32.2. The van der Waals surface area contributed by atoms with Gasteiger partial charge in [-0.25, -0.2) is 9.97 Å². The number of hydrogen-bond acceptors (Lipinski definition) is 6. The van der Waals surface area contributed by atoms with Crippen LogP contribution < -0.4 is 10.6 Å². The third-order valence-corrected chi connectivity index (χ3v) is 3.64. The van der Waals surface area contributed by atoms with Crippen LogP contribution in [0, 0.1) is 6.92 Å². The molecule has 3 rings (SSSR count). The van der Waals surface area contributed by atoms with Gasteiger partial charge in [0.25, 0.3) is 5.91 Å². The van der Waals surface area contributed by atoms with E-state index in [-0.39, 0.29) is 23.9 Å². The van der Waals surface area contributed by atoms with Gasteiger partial charge in [0, 0.05) is 16.9 Å². The Morgan fingerprint density at radius 2 is 1.88 bits per heavy atom. The molecule has 1 aromatic carbocycles. The molecule has 2 N–H and O–H groups in total. The van der Waals surface area contributed by atoms with Crippen LogP contribution in [0.5, 0.6) is 0 Å². The van der Waals surface area contributed by atoms with Crippen LogP contribution in [0.1, 0.15) is 39.2 Å². The highest BCUT2D eigenvalue weighted by atomic mass is 16.3. The summed E-state index contributed by atoms with van der Waals surface area (Å²) in [6, 6.07) is 12.1. The zero-order chi connectivity index (χ0) is 18.5. The van der Waals surface area contributed by atoms with Gasteiger partial charge >= 0.3 is 0 Å². The number of carbonyl (C=O) groups is 2. The van der Waals surface area contributed by atoms with Crippen molar-refractivity contribution in [3.05, 3.63) is 71.4 Å². The molecule has 0 saturated carbocycles. The van der Waals surface area contributed by atoms with Gasteiger partial charge in [-0.3, -0.25) is 9.59 Å². The third kappa shape index (κ3) is 4.32. The fourth-order valence-corrected chi connectivity index (χ4v) is 2.33. The van der Waals surface area contributed by atoms with Crippen LogP contribution in [-0.4, -0.2) is 21.7 Å². The Morgan fingerprint density at radius 1 is 1.12 bits per heavy atom. The van der Waals surface area contributed by atoms with Gasteiger partial charge in [0.15, 0.2) is 5.78 Å². The first-order valence-corrected chi connectivity index (χ1v) is 8.05. The number of nitrogens with zero attached hydrogens (tertiary/aromatic N) is 2. The van der Waals surface area contributed by atoms with Gasteiger partial charge in [-0.2, -0.15) is 0 Å². The second-order valence-electron chi connectivity index (χ2n) is 5.74. The first-order valence-electron chi connectivity index (χ1n) is 8.05. The lowest BCUT2D eigenvalue weighted by Gasteiger charge is -2.09. The number of aryl methyl sites for hydroxylation is 1. The number of rotatable bonds is 6. The molecule has 0 saturated heterocycles. The summed E-state index contributed by atoms with van der Waals surface area (Å²) in [6.45, 7) is 3.58. The number of anilines is 2. The van der Waals surface area contributed by atoms with Crippen molar-refractivity contribution in [1.82, 2.24) is 15.3 Å². The quantitative estimate of drug-likeness (QED) is 0.662. The van der Waals surface area contributed by atoms with E-state index in [0.29, 0.717) is 23.0 Å². The van der Waals surface area contributed by atoms with Crippen molar-refractivity contribution in [3.63, 3.8) is 0 Å². The number of carbonyl (C=O) groups excluding carboxylic acids is 2. The molecule has 132 valence electrons. The summed E-state index contributed by atoms with van der Waals surface area (Å²) < 4.78 is 5.19. The molecular weight excluding hydrogens is 332 g/mol. The normalized spacial score (nSPS) is 10.4. The zero-order valence-corrected chi connectivity index (χ0v) is 14.4. The molecule has 7 heteroatoms. The predicted molar refractivity (Wildman–Crippen MR) is 96.4 cm³/mol. The average molecular weight is 350 g/mol. The van der Waals surface area contributed by atoms with Crippen LogP contribution in [-0.2, 0) is 6.54 Å². The van der Waals surface area contributed by atoms with E-state index in [1.165, 1.54) is 6.92 Å². The maximum atomic E-state index is 12.3. The number of hydrogen-bond donors (Lipinski definition) is 2. The number of Topliss-reactive ketones (excluding diaryl/α,β-unsaturated/α-hetero) is 1. The first-order chi connectivity index (χ1) is 12.5. The third-order valence-electron chi connectivity index (χ3n) is 3.64. The Labute approximate surface area is 150 Å². The average Bonchev–Trinajstić information content (AvgIpc) is 3.13. The zero-order valence-electron chi connectivity index (χ0n) is 14.4. The van der Waals surface area contributed by atoms with E-state index in [2.05, 4.69) is 20.6 Å².